The Balaban J connectivity index is 1.56. The molecule has 7 heteroatoms. The van der Waals surface area contributed by atoms with E-state index in [9.17, 15) is 0 Å². The van der Waals surface area contributed by atoms with Crippen molar-refractivity contribution in [2.24, 2.45) is 4.99 Å². The molecule has 2 aromatic heterocycles. The zero-order valence-corrected chi connectivity index (χ0v) is 16.6. The van der Waals surface area contributed by atoms with Crippen LogP contribution < -0.4 is 10.6 Å². The first-order valence-electron chi connectivity index (χ1n) is 9.72. The number of H-pyrrole nitrogens is 1. The van der Waals surface area contributed by atoms with Crippen molar-refractivity contribution in [3.05, 3.63) is 60.1 Å². The van der Waals surface area contributed by atoms with Gasteiger partial charge in [0, 0.05) is 31.5 Å². The molecule has 0 aliphatic rings. The highest BCUT2D eigenvalue weighted by atomic mass is 16.3. The van der Waals surface area contributed by atoms with Gasteiger partial charge >= 0.3 is 0 Å². The summed E-state index contributed by atoms with van der Waals surface area (Å²) in [6.45, 7) is 7.88. The summed E-state index contributed by atoms with van der Waals surface area (Å²) in [7, 11) is 0. The van der Waals surface area contributed by atoms with Gasteiger partial charge in [-0.1, -0.05) is 37.3 Å². The molecule has 1 aromatic carbocycles. The fraction of sp³-hybridized carbons (Fsp3) is 0.381. The molecule has 0 spiro atoms. The van der Waals surface area contributed by atoms with Gasteiger partial charge in [-0.15, -0.1) is 0 Å². The molecule has 3 N–H and O–H groups in total. The van der Waals surface area contributed by atoms with Gasteiger partial charge in [-0.2, -0.15) is 5.10 Å². The Labute approximate surface area is 165 Å². The lowest BCUT2D eigenvalue weighted by atomic mass is 9.94. The Hall–Kier alpha value is -3.09. The molecule has 0 radical (unpaired) electrons. The number of furan rings is 1. The third-order valence-electron chi connectivity index (χ3n) is 4.68. The van der Waals surface area contributed by atoms with Gasteiger partial charge in [-0.25, -0.2) is 4.98 Å². The molecule has 3 aromatic rings. The van der Waals surface area contributed by atoms with E-state index in [1.165, 1.54) is 5.56 Å². The van der Waals surface area contributed by atoms with E-state index < -0.39 is 0 Å². The molecule has 0 amide bonds. The maximum atomic E-state index is 5.32. The predicted molar refractivity (Wildman–Crippen MR) is 111 cm³/mol. The Morgan fingerprint density at radius 2 is 2.00 bits per heavy atom. The quantitative estimate of drug-likeness (QED) is 0.412. The van der Waals surface area contributed by atoms with Gasteiger partial charge in [0.1, 0.15) is 5.82 Å². The highest BCUT2D eigenvalue weighted by Crippen LogP contribution is 2.18. The number of aromatic amines is 1. The van der Waals surface area contributed by atoms with Crippen LogP contribution in [-0.4, -0.2) is 40.3 Å². The molecule has 0 fully saturated rings. The van der Waals surface area contributed by atoms with E-state index in [4.69, 9.17) is 4.42 Å². The largest absolute Gasteiger partial charge is 0.461 e. The third kappa shape index (κ3) is 5.22. The fourth-order valence-corrected chi connectivity index (χ4v) is 2.90. The minimum absolute atomic E-state index is 0.246. The van der Waals surface area contributed by atoms with E-state index in [0.717, 1.165) is 18.3 Å². The summed E-state index contributed by atoms with van der Waals surface area (Å²) in [6.07, 6.45) is 2.29. The first kappa shape index (κ1) is 19.7. The lowest BCUT2D eigenvalue weighted by Gasteiger charge is -2.24. The molecule has 2 unspecified atom stereocenters. The van der Waals surface area contributed by atoms with Gasteiger partial charge in [0.15, 0.2) is 11.7 Å². The van der Waals surface area contributed by atoms with Gasteiger partial charge in [0.05, 0.1) is 6.26 Å². The van der Waals surface area contributed by atoms with Crippen LogP contribution in [0.3, 0.4) is 0 Å². The molecular weight excluding hydrogens is 352 g/mol. The zero-order chi connectivity index (χ0) is 19.8. The minimum Gasteiger partial charge on any atom is -0.461 e. The zero-order valence-electron chi connectivity index (χ0n) is 16.6. The molecule has 0 saturated carbocycles. The van der Waals surface area contributed by atoms with Crippen LogP contribution in [0.5, 0.6) is 0 Å². The number of aliphatic imine (C=N–C) groups is 1. The van der Waals surface area contributed by atoms with Crippen LogP contribution >= 0.6 is 0 Å². The number of rotatable bonds is 8. The first-order valence-corrected chi connectivity index (χ1v) is 9.72. The Kier molecular flexibility index (Phi) is 6.84. The Bertz CT molecular complexity index is 856. The number of benzene rings is 1. The van der Waals surface area contributed by atoms with Crippen LogP contribution in [0.4, 0.5) is 0 Å². The van der Waals surface area contributed by atoms with Crippen LogP contribution in [0.2, 0.25) is 0 Å². The molecule has 148 valence electrons. The van der Waals surface area contributed by atoms with Crippen molar-refractivity contribution in [2.75, 3.05) is 13.1 Å². The van der Waals surface area contributed by atoms with E-state index in [1.807, 2.05) is 18.2 Å². The second-order valence-electron chi connectivity index (χ2n) is 6.73. The Morgan fingerprint density at radius 1 is 1.18 bits per heavy atom. The van der Waals surface area contributed by atoms with Crippen LogP contribution in [0.15, 0.2) is 58.1 Å². The smallest absolute Gasteiger partial charge is 0.216 e. The molecule has 28 heavy (non-hydrogen) atoms. The van der Waals surface area contributed by atoms with Crippen molar-refractivity contribution < 1.29 is 4.42 Å². The van der Waals surface area contributed by atoms with Crippen LogP contribution in [0.1, 0.15) is 38.1 Å². The summed E-state index contributed by atoms with van der Waals surface area (Å²) in [5.41, 5.74) is 1.31. The van der Waals surface area contributed by atoms with Crippen LogP contribution in [-0.2, 0) is 6.42 Å². The predicted octanol–water partition coefficient (Wildman–Crippen LogP) is 3.35. The average molecular weight is 380 g/mol. The lowest BCUT2D eigenvalue weighted by Crippen LogP contribution is -2.44. The third-order valence-corrected chi connectivity index (χ3v) is 4.68. The summed E-state index contributed by atoms with van der Waals surface area (Å²) in [5.74, 6) is 3.19. The lowest BCUT2D eigenvalue weighted by molar-refractivity contribution is 0.550. The molecule has 7 nitrogen and oxygen atoms in total. The fourth-order valence-electron chi connectivity index (χ4n) is 2.90. The van der Waals surface area contributed by atoms with Crippen molar-refractivity contribution in [1.82, 2.24) is 25.8 Å². The van der Waals surface area contributed by atoms with Gasteiger partial charge in [0.25, 0.3) is 0 Å². The highest BCUT2D eigenvalue weighted by Gasteiger charge is 2.15. The van der Waals surface area contributed by atoms with E-state index in [1.54, 1.807) is 6.26 Å². The number of nitrogens with one attached hydrogen (secondary N) is 3. The minimum atomic E-state index is 0.246. The number of nitrogens with zero attached hydrogens (tertiary/aromatic N) is 3. The summed E-state index contributed by atoms with van der Waals surface area (Å²) < 4.78 is 5.32. The van der Waals surface area contributed by atoms with Gasteiger partial charge in [0.2, 0.25) is 5.82 Å². The summed E-state index contributed by atoms with van der Waals surface area (Å²) in [4.78, 5) is 9.13. The molecule has 2 atom stereocenters. The highest BCUT2D eigenvalue weighted by molar-refractivity contribution is 5.80. The van der Waals surface area contributed by atoms with E-state index >= 15 is 0 Å². The van der Waals surface area contributed by atoms with Gasteiger partial charge in [-0.3, -0.25) is 10.1 Å². The van der Waals surface area contributed by atoms with E-state index in [2.05, 4.69) is 75.8 Å². The summed E-state index contributed by atoms with van der Waals surface area (Å²) >= 11 is 0. The average Bonchev–Trinajstić information content (AvgIpc) is 3.40. The number of hydrogen-bond acceptors (Lipinski definition) is 4. The Morgan fingerprint density at radius 3 is 2.71 bits per heavy atom. The number of guanidine groups is 1. The van der Waals surface area contributed by atoms with Crippen molar-refractivity contribution in [2.45, 2.75) is 39.2 Å². The molecular formula is C21H28N6O. The van der Waals surface area contributed by atoms with Gasteiger partial charge < -0.3 is 15.1 Å². The normalized spacial score (nSPS) is 13.9. The number of hydrogen-bond donors (Lipinski definition) is 3. The standard InChI is InChI=1S/C21H28N6O/c1-4-22-21(24-16(3)15(2)17-9-6-5-7-10-17)23-13-12-19-25-20(27-26-19)18-11-8-14-28-18/h5-11,14-16H,4,12-13H2,1-3H3,(H2,22,23,24)(H,25,26,27). The van der Waals surface area contributed by atoms with Crippen LogP contribution in [0, 0.1) is 0 Å². The SMILES string of the molecule is CCNC(=NCCc1nc(-c2ccco2)n[nH]1)NC(C)C(C)c1ccccc1. The van der Waals surface area contributed by atoms with Crippen molar-refractivity contribution >= 4 is 5.96 Å². The van der Waals surface area contributed by atoms with Crippen molar-refractivity contribution in [3.8, 4) is 11.6 Å². The molecule has 0 saturated heterocycles. The van der Waals surface area contributed by atoms with Gasteiger partial charge in [-0.05, 0) is 31.5 Å². The second kappa shape index (κ2) is 9.73. The molecule has 0 bridgehead atoms. The maximum Gasteiger partial charge on any atom is 0.216 e. The monoisotopic (exact) mass is 380 g/mol. The van der Waals surface area contributed by atoms with E-state index in [-0.39, 0.29) is 6.04 Å². The van der Waals surface area contributed by atoms with Crippen molar-refractivity contribution in [3.63, 3.8) is 0 Å². The molecule has 0 aliphatic heterocycles. The number of aromatic nitrogens is 3. The first-order chi connectivity index (χ1) is 13.7. The maximum absolute atomic E-state index is 5.32. The summed E-state index contributed by atoms with van der Waals surface area (Å²) in [5, 5.41) is 14.0. The molecule has 3 rings (SSSR count). The topological polar surface area (TPSA) is 91.1 Å². The summed E-state index contributed by atoms with van der Waals surface area (Å²) in [6, 6.07) is 14.4. The molecule has 2 heterocycles. The van der Waals surface area contributed by atoms with Crippen molar-refractivity contribution in [1.29, 1.82) is 0 Å². The van der Waals surface area contributed by atoms with E-state index in [0.29, 0.717) is 30.5 Å². The van der Waals surface area contributed by atoms with Crippen LogP contribution in [0.25, 0.3) is 11.6 Å². The second-order valence-corrected chi connectivity index (χ2v) is 6.73. The molecule has 0 aliphatic carbocycles.